The molecule has 0 saturated heterocycles. The number of nitrogens with two attached hydrogens (primary N) is 1. The smallest absolute Gasteiger partial charge is 0.394 e. The van der Waals surface area contributed by atoms with Crippen LogP contribution in [0.5, 0.6) is 5.75 Å². The van der Waals surface area contributed by atoms with E-state index >= 15 is 0 Å². The lowest BCUT2D eigenvalue weighted by molar-refractivity contribution is -0.159. The summed E-state index contributed by atoms with van der Waals surface area (Å²) in [5.74, 6) is -7.90. The Morgan fingerprint density at radius 1 is 1.11 bits per heavy atom. The Hall–Kier alpha value is -3.34. The van der Waals surface area contributed by atoms with Crippen molar-refractivity contribution in [2.75, 3.05) is 14.1 Å². The number of amides is 1. The van der Waals surface area contributed by atoms with Gasteiger partial charge in [-0.15, -0.1) is 0 Å². The van der Waals surface area contributed by atoms with E-state index < -0.39 is 85.4 Å². The van der Waals surface area contributed by atoms with Crippen molar-refractivity contribution in [1.82, 2.24) is 4.90 Å². The van der Waals surface area contributed by atoms with E-state index in [2.05, 4.69) is 0 Å². The molecule has 1 saturated carbocycles. The second-order valence-corrected chi connectivity index (χ2v) is 10.3. The maximum Gasteiger partial charge on any atom is 0.394 e. The molecule has 202 valence electrons. The minimum Gasteiger partial charge on any atom is -0.508 e. The van der Waals surface area contributed by atoms with Gasteiger partial charge in [0.1, 0.15) is 22.8 Å². The minimum atomic E-state index is -4.67. The Morgan fingerprint density at radius 2 is 1.65 bits per heavy atom. The van der Waals surface area contributed by atoms with Gasteiger partial charge in [0.05, 0.1) is 17.2 Å². The van der Waals surface area contributed by atoms with Crippen LogP contribution >= 0.6 is 0 Å². The van der Waals surface area contributed by atoms with Gasteiger partial charge in [-0.2, -0.15) is 8.42 Å². The fourth-order valence-electron chi connectivity index (χ4n) is 5.50. The first-order valence-corrected chi connectivity index (χ1v) is 12.1. The van der Waals surface area contributed by atoms with Gasteiger partial charge < -0.3 is 31.3 Å². The van der Waals surface area contributed by atoms with Crippen molar-refractivity contribution >= 4 is 33.6 Å². The van der Waals surface area contributed by atoms with Gasteiger partial charge in [0.2, 0.25) is 5.78 Å². The molecule has 3 aliphatic rings. The molecule has 37 heavy (non-hydrogen) atoms. The van der Waals surface area contributed by atoms with E-state index in [0.717, 1.165) is 0 Å². The Bertz CT molecular complexity index is 1370. The first-order valence-electron chi connectivity index (χ1n) is 10.7. The number of hydrogen-bond acceptors (Lipinski definition) is 11. The van der Waals surface area contributed by atoms with E-state index in [-0.39, 0.29) is 17.5 Å². The number of aliphatic hydroxyl groups is 4. The predicted molar refractivity (Wildman–Crippen MR) is 124 cm³/mol. The highest BCUT2D eigenvalue weighted by Crippen LogP contribution is 2.57. The molecule has 14 nitrogen and oxygen atoms in total. The van der Waals surface area contributed by atoms with E-state index in [4.69, 9.17) is 23.3 Å². The third-order valence-electron chi connectivity index (χ3n) is 7.02. The van der Waals surface area contributed by atoms with Crippen LogP contribution in [0.15, 0.2) is 35.1 Å². The fourth-order valence-corrected chi connectivity index (χ4v) is 5.50. The monoisotopic (exact) mass is 542 g/mol. The molecule has 3 aliphatic carbocycles. The van der Waals surface area contributed by atoms with E-state index in [9.17, 15) is 39.9 Å². The number of phenols is 1. The molecule has 1 amide bonds. The third kappa shape index (κ3) is 4.28. The zero-order valence-electron chi connectivity index (χ0n) is 19.8. The molecule has 4 rings (SSSR count). The van der Waals surface area contributed by atoms with Gasteiger partial charge in [0, 0.05) is 17.4 Å². The van der Waals surface area contributed by atoms with Crippen LogP contribution in [0.1, 0.15) is 24.5 Å². The van der Waals surface area contributed by atoms with Crippen LogP contribution in [-0.2, 0) is 30.4 Å². The molecule has 5 atom stereocenters. The molecule has 1 fully saturated rings. The topological polar surface area (TPSA) is 256 Å². The number of carbonyl (C=O) groups is 3. The van der Waals surface area contributed by atoms with Crippen molar-refractivity contribution in [3.05, 3.63) is 46.2 Å². The number of ketones is 2. The van der Waals surface area contributed by atoms with Crippen molar-refractivity contribution in [2.45, 2.75) is 30.6 Å². The number of nitrogens with zero attached hydrogens (tertiary/aromatic N) is 1. The summed E-state index contributed by atoms with van der Waals surface area (Å²) in [5, 5.41) is 54.9. The average molecular weight is 543 g/mol. The summed E-state index contributed by atoms with van der Waals surface area (Å²) in [6, 6.07) is 3.02. The van der Waals surface area contributed by atoms with Crippen molar-refractivity contribution in [2.24, 2.45) is 17.6 Å². The highest BCUT2D eigenvalue weighted by molar-refractivity contribution is 7.79. The van der Waals surface area contributed by atoms with E-state index in [1.54, 1.807) is 0 Å². The maximum absolute atomic E-state index is 13.7. The summed E-state index contributed by atoms with van der Waals surface area (Å²) in [6.45, 7) is 1.40. The first kappa shape index (κ1) is 28.2. The van der Waals surface area contributed by atoms with Gasteiger partial charge in [0.25, 0.3) is 5.91 Å². The Kier molecular flexibility index (Phi) is 6.79. The molecule has 0 spiro atoms. The third-order valence-corrected chi connectivity index (χ3v) is 7.02. The van der Waals surface area contributed by atoms with Gasteiger partial charge in [0.15, 0.2) is 11.4 Å². The fraction of sp³-hybridized carbons (Fsp3) is 0.409. The zero-order valence-corrected chi connectivity index (χ0v) is 20.6. The lowest BCUT2D eigenvalue weighted by Gasteiger charge is -2.53. The molecule has 15 heteroatoms. The summed E-state index contributed by atoms with van der Waals surface area (Å²) in [6.07, 6.45) is -0.200. The Labute approximate surface area is 210 Å². The van der Waals surface area contributed by atoms with Crippen molar-refractivity contribution in [1.29, 1.82) is 0 Å². The van der Waals surface area contributed by atoms with Gasteiger partial charge in [-0.05, 0) is 39.1 Å². The number of rotatable bonds is 2. The summed E-state index contributed by atoms with van der Waals surface area (Å²) < 4.78 is 31.6. The molecular weight excluding hydrogens is 516 g/mol. The molecule has 0 heterocycles. The number of aliphatic hydroxyl groups excluding tert-OH is 2. The summed E-state index contributed by atoms with van der Waals surface area (Å²) in [5.41, 5.74) is -0.548. The molecule has 0 aliphatic heterocycles. The molecule has 1 aromatic rings. The van der Waals surface area contributed by atoms with Crippen LogP contribution in [0, 0.1) is 11.8 Å². The number of aromatic hydroxyl groups is 1. The lowest BCUT2D eigenvalue weighted by atomic mass is 9.54. The number of hydrogen-bond donors (Lipinski definition) is 8. The van der Waals surface area contributed by atoms with E-state index in [0.29, 0.717) is 0 Å². The molecule has 0 aromatic heterocycles. The number of primary amides is 1. The second kappa shape index (κ2) is 8.90. The summed E-state index contributed by atoms with van der Waals surface area (Å²) >= 11 is 0. The van der Waals surface area contributed by atoms with Crippen LogP contribution in [0.4, 0.5) is 0 Å². The molecule has 0 bridgehead atoms. The standard InChI is InChI=1S/C22H24N2O8.H2O4S/c1-21(31)8-5-4-6-11(25)12(8)16(26)13-9(21)7-10-15(24(2)3)17(27)14(20(23)30)19(29)22(10,32)18(13)28;1-5(2,3)4/h4-6,9-10,15,25-26,29,31-32H,7H2,1-3H3,(H2,23,30);(H2,1,2,3,4)/t9-,10-,15-,21+,22-;/m0./s1. The first-order chi connectivity index (χ1) is 16.8. The van der Waals surface area contributed by atoms with Gasteiger partial charge >= 0.3 is 10.4 Å². The normalized spacial score (nSPS) is 31.3. The number of fused-ring (bicyclic) bond motifs is 3. The highest BCUT2D eigenvalue weighted by atomic mass is 32.3. The van der Waals surface area contributed by atoms with Gasteiger partial charge in [-0.1, -0.05) is 12.1 Å². The largest absolute Gasteiger partial charge is 0.508 e. The van der Waals surface area contributed by atoms with E-state index in [1.165, 1.54) is 44.1 Å². The van der Waals surface area contributed by atoms with Crippen molar-refractivity contribution < 1.29 is 57.4 Å². The number of likely N-dealkylation sites (N-methyl/N-ethyl adjacent to an activating group) is 1. The molecule has 0 unspecified atom stereocenters. The van der Waals surface area contributed by atoms with Crippen LogP contribution in [-0.4, -0.2) is 91.2 Å². The average Bonchev–Trinajstić information content (AvgIpc) is 2.73. The van der Waals surface area contributed by atoms with Crippen LogP contribution < -0.4 is 5.73 Å². The van der Waals surface area contributed by atoms with Crippen LogP contribution in [0.3, 0.4) is 0 Å². The van der Waals surface area contributed by atoms with Crippen molar-refractivity contribution in [3.63, 3.8) is 0 Å². The summed E-state index contributed by atoms with van der Waals surface area (Å²) in [7, 11) is -1.66. The van der Waals surface area contributed by atoms with E-state index in [1.807, 2.05) is 0 Å². The van der Waals surface area contributed by atoms with Crippen LogP contribution in [0.2, 0.25) is 0 Å². The highest BCUT2D eigenvalue weighted by Gasteiger charge is 2.66. The van der Waals surface area contributed by atoms with Gasteiger partial charge in [-0.25, -0.2) is 0 Å². The minimum absolute atomic E-state index is 0.170. The zero-order chi connectivity index (χ0) is 28.4. The number of benzene rings is 1. The number of phenolic OH excluding ortho intramolecular Hbond substituents is 1. The Morgan fingerprint density at radius 3 is 2.14 bits per heavy atom. The quantitative estimate of drug-likeness (QED) is 0.165. The molecule has 9 N–H and O–H groups in total. The predicted octanol–water partition coefficient (Wildman–Crippen LogP) is -1.02. The summed E-state index contributed by atoms with van der Waals surface area (Å²) in [4.78, 5) is 40.0. The molecule has 0 radical (unpaired) electrons. The van der Waals surface area contributed by atoms with Crippen LogP contribution in [0.25, 0.3) is 5.76 Å². The number of Topliss-reactive ketones (excluding diaryl/α,β-unsaturated/α-hetero) is 2. The van der Waals surface area contributed by atoms with Crippen molar-refractivity contribution in [3.8, 4) is 5.75 Å². The van der Waals surface area contributed by atoms with Gasteiger partial charge in [-0.3, -0.25) is 28.4 Å². The second-order valence-electron chi connectivity index (χ2n) is 9.41. The maximum atomic E-state index is 13.7. The lowest BCUT2D eigenvalue weighted by Crippen LogP contribution is -2.67. The molecular formula is C22H26N2O12S. The SMILES string of the molecule is CN(C)[C@@H]1C(=O)C(C(N)=O)=C(O)[C@@]2(O)C(=O)C3=C(O)c4c(O)cccc4[C@@](C)(O)[C@H]3C[C@@H]12.O=S(=O)(O)O. The number of carbonyl (C=O) groups excluding carboxylic acids is 3. The Balaban J connectivity index is 0.000000695. The molecule has 1 aromatic carbocycles.